The van der Waals surface area contributed by atoms with Crippen LogP contribution in [-0.2, 0) is 40.0 Å². The lowest BCUT2D eigenvalue weighted by Crippen LogP contribution is -2.54. The molecule has 224 valence electrons. The van der Waals surface area contributed by atoms with Gasteiger partial charge in [0, 0.05) is 25.3 Å². The van der Waals surface area contributed by atoms with E-state index in [1.54, 1.807) is 31.2 Å². The summed E-state index contributed by atoms with van der Waals surface area (Å²) in [7, 11) is 0. The fourth-order valence-electron chi connectivity index (χ4n) is 4.68. The number of amides is 5. The molecule has 2 aliphatic rings. The number of alkyl carbamates (subject to hydrolysis) is 1. The second-order valence-corrected chi connectivity index (χ2v) is 11.5. The number of benzene rings is 1. The molecule has 4 atom stereocenters. The molecule has 41 heavy (non-hydrogen) atoms. The van der Waals surface area contributed by atoms with Crippen LogP contribution in [0.15, 0.2) is 30.3 Å². The second-order valence-electron chi connectivity index (χ2n) is 10.6. The topological polar surface area (TPSA) is 151 Å². The van der Waals surface area contributed by atoms with Crippen LogP contribution >= 0.6 is 11.8 Å². The van der Waals surface area contributed by atoms with Gasteiger partial charge in [-0.25, -0.2) is 9.59 Å². The molecule has 1 unspecified atom stereocenters. The summed E-state index contributed by atoms with van der Waals surface area (Å²) in [5, 5.41) is 5.78. The van der Waals surface area contributed by atoms with Crippen molar-refractivity contribution in [3.05, 3.63) is 35.9 Å². The summed E-state index contributed by atoms with van der Waals surface area (Å²) >= 11 is 1.51. The summed E-state index contributed by atoms with van der Waals surface area (Å²) in [5.41, 5.74) is 0.738. The summed E-state index contributed by atoms with van der Waals surface area (Å²) in [6.45, 7) is 5.73. The van der Waals surface area contributed by atoms with Gasteiger partial charge in [0.05, 0.1) is 6.61 Å². The Labute approximate surface area is 243 Å². The molecule has 2 fully saturated rings. The Bertz CT molecular complexity index is 1120. The third kappa shape index (κ3) is 8.69. The summed E-state index contributed by atoms with van der Waals surface area (Å²) in [6, 6.07) is 5.46. The van der Waals surface area contributed by atoms with Crippen LogP contribution < -0.4 is 10.6 Å². The zero-order valence-corrected chi connectivity index (χ0v) is 24.6. The maximum absolute atomic E-state index is 13.6. The van der Waals surface area contributed by atoms with Crippen LogP contribution in [0.1, 0.15) is 52.0 Å². The minimum absolute atomic E-state index is 0.0562. The Morgan fingerprint density at radius 3 is 2.34 bits per heavy atom. The molecule has 3 rings (SSSR count). The van der Waals surface area contributed by atoms with E-state index in [9.17, 15) is 28.8 Å². The number of hydrogen-bond donors (Lipinski definition) is 2. The fourth-order valence-corrected chi connectivity index (χ4v) is 5.15. The smallest absolute Gasteiger partial charge is 0.407 e. The molecular formula is C28H38N4O8S. The molecule has 0 aromatic heterocycles. The highest BCUT2D eigenvalue weighted by atomic mass is 32.2. The molecule has 1 aromatic carbocycles. The van der Waals surface area contributed by atoms with Gasteiger partial charge in [-0.05, 0) is 43.3 Å². The number of hydroxylamine groups is 2. The normalized spacial score (nSPS) is 20.3. The summed E-state index contributed by atoms with van der Waals surface area (Å²) in [6.07, 6.45) is 1.65. The molecule has 2 N–H and O–H groups in total. The quantitative estimate of drug-likeness (QED) is 0.328. The average Bonchev–Trinajstić information content (AvgIpc) is 3.40. The lowest BCUT2D eigenvalue weighted by molar-refractivity contribution is -0.201. The van der Waals surface area contributed by atoms with Crippen LogP contribution in [-0.4, -0.2) is 88.4 Å². The van der Waals surface area contributed by atoms with E-state index in [-0.39, 0.29) is 38.2 Å². The molecule has 0 radical (unpaired) electrons. The third-order valence-electron chi connectivity index (χ3n) is 6.75. The van der Waals surface area contributed by atoms with Gasteiger partial charge in [-0.15, -0.1) is 5.06 Å². The SMILES string of the molecule is CSCC[C@H](NC(=O)OCC(C)C)C(=O)N[C@H]1CC(C)N([C@@H](Cc2ccccc2)C(=O)ON2C(=O)CCC2=O)C1=O. The molecule has 1 aromatic rings. The largest absolute Gasteiger partial charge is 0.449 e. The highest BCUT2D eigenvalue weighted by Gasteiger charge is 2.46. The Morgan fingerprint density at radius 2 is 1.73 bits per heavy atom. The van der Waals surface area contributed by atoms with E-state index < -0.39 is 59.9 Å². The molecule has 0 saturated carbocycles. The van der Waals surface area contributed by atoms with Gasteiger partial charge in [-0.3, -0.25) is 19.2 Å². The maximum atomic E-state index is 13.6. The molecule has 2 heterocycles. The first-order chi connectivity index (χ1) is 19.5. The van der Waals surface area contributed by atoms with Crippen LogP contribution in [0.4, 0.5) is 4.79 Å². The van der Waals surface area contributed by atoms with Gasteiger partial charge in [-0.1, -0.05) is 44.2 Å². The van der Waals surface area contributed by atoms with Crippen molar-refractivity contribution < 1.29 is 38.3 Å². The van der Waals surface area contributed by atoms with Crippen molar-refractivity contribution >= 4 is 47.5 Å². The monoisotopic (exact) mass is 590 g/mol. The van der Waals surface area contributed by atoms with E-state index in [1.807, 2.05) is 26.2 Å². The second kappa shape index (κ2) is 14.9. The number of ether oxygens (including phenoxy) is 1. The number of imide groups is 1. The Balaban J connectivity index is 1.76. The number of nitrogens with one attached hydrogen (secondary N) is 2. The minimum atomic E-state index is -1.15. The molecule has 0 aliphatic carbocycles. The van der Waals surface area contributed by atoms with Gasteiger partial charge in [0.1, 0.15) is 18.1 Å². The number of thioether (sulfide) groups is 1. The van der Waals surface area contributed by atoms with Crippen molar-refractivity contribution in [2.24, 2.45) is 5.92 Å². The highest BCUT2D eigenvalue weighted by Crippen LogP contribution is 2.26. The van der Waals surface area contributed by atoms with Gasteiger partial charge in [-0.2, -0.15) is 11.8 Å². The molecular weight excluding hydrogens is 552 g/mol. The van der Waals surface area contributed by atoms with Gasteiger partial charge in [0.15, 0.2) is 0 Å². The number of carbonyl (C=O) groups excluding carboxylic acids is 6. The van der Waals surface area contributed by atoms with E-state index in [1.165, 1.54) is 16.7 Å². The predicted molar refractivity (Wildman–Crippen MR) is 150 cm³/mol. The van der Waals surface area contributed by atoms with Crippen LogP contribution in [0.5, 0.6) is 0 Å². The van der Waals surface area contributed by atoms with Crippen molar-refractivity contribution in [2.45, 2.75) is 77.0 Å². The maximum Gasteiger partial charge on any atom is 0.407 e. The van der Waals surface area contributed by atoms with Gasteiger partial charge in [0.2, 0.25) is 11.8 Å². The minimum Gasteiger partial charge on any atom is -0.449 e. The molecule has 0 spiro atoms. The standard InChI is InChI=1S/C28H38N4O8S/c1-17(2)16-39-28(38)30-20(12-13-41-4)25(35)29-21-14-18(3)31(26(21)36)22(15-19-8-6-5-7-9-19)27(37)40-32-23(33)10-11-24(32)34/h5-9,17-18,20-22H,10-16H2,1-4H3,(H,29,35)(H,30,38)/t18?,20-,21-,22-/m0/s1. The first kappa shape index (κ1) is 31.9. The number of likely N-dealkylation sites (tertiary alicyclic amines) is 1. The first-order valence-electron chi connectivity index (χ1n) is 13.7. The van der Waals surface area contributed by atoms with Gasteiger partial charge >= 0.3 is 12.1 Å². The fraction of sp³-hybridized carbons (Fsp3) is 0.571. The lowest BCUT2D eigenvalue weighted by Gasteiger charge is -2.31. The van der Waals surface area contributed by atoms with E-state index in [4.69, 9.17) is 9.57 Å². The zero-order valence-electron chi connectivity index (χ0n) is 23.8. The number of rotatable bonds is 13. The van der Waals surface area contributed by atoms with Crippen molar-refractivity contribution in [3.63, 3.8) is 0 Å². The van der Waals surface area contributed by atoms with Crippen LogP contribution in [0.3, 0.4) is 0 Å². The van der Waals surface area contributed by atoms with Crippen LogP contribution in [0.2, 0.25) is 0 Å². The number of nitrogens with zero attached hydrogens (tertiary/aromatic N) is 2. The van der Waals surface area contributed by atoms with Crippen LogP contribution in [0, 0.1) is 5.92 Å². The molecule has 13 heteroatoms. The first-order valence-corrected chi connectivity index (χ1v) is 15.1. The zero-order chi connectivity index (χ0) is 30.1. The van der Waals surface area contributed by atoms with E-state index in [0.29, 0.717) is 17.2 Å². The van der Waals surface area contributed by atoms with E-state index >= 15 is 0 Å². The molecule has 2 aliphatic heterocycles. The van der Waals surface area contributed by atoms with Gasteiger partial charge in [0.25, 0.3) is 11.8 Å². The third-order valence-corrected chi connectivity index (χ3v) is 7.40. The van der Waals surface area contributed by atoms with Gasteiger partial charge < -0.3 is 25.1 Å². The predicted octanol–water partition coefficient (Wildman–Crippen LogP) is 1.81. The Hall–Kier alpha value is -3.61. The summed E-state index contributed by atoms with van der Waals surface area (Å²) < 4.78 is 5.16. The van der Waals surface area contributed by atoms with Crippen molar-refractivity contribution in [1.82, 2.24) is 20.6 Å². The van der Waals surface area contributed by atoms with E-state index in [2.05, 4.69) is 10.6 Å². The summed E-state index contributed by atoms with van der Waals surface area (Å²) in [5.74, 6) is -2.50. The Kier molecular flexibility index (Phi) is 11.6. The van der Waals surface area contributed by atoms with Crippen molar-refractivity contribution in [2.75, 3.05) is 18.6 Å². The molecule has 2 saturated heterocycles. The number of carbonyl (C=O) groups is 6. The van der Waals surface area contributed by atoms with E-state index in [0.717, 1.165) is 5.56 Å². The van der Waals surface area contributed by atoms with Crippen molar-refractivity contribution in [1.29, 1.82) is 0 Å². The molecule has 5 amide bonds. The average molecular weight is 591 g/mol. The summed E-state index contributed by atoms with van der Waals surface area (Å²) in [4.78, 5) is 83.1. The highest BCUT2D eigenvalue weighted by molar-refractivity contribution is 7.98. The van der Waals surface area contributed by atoms with Crippen molar-refractivity contribution in [3.8, 4) is 0 Å². The lowest BCUT2D eigenvalue weighted by atomic mass is 10.0. The molecule has 12 nitrogen and oxygen atoms in total. The molecule has 0 bridgehead atoms. The number of hydrogen-bond acceptors (Lipinski definition) is 9. The Morgan fingerprint density at radius 1 is 1.07 bits per heavy atom. The van der Waals surface area contributed by atoms with Crippen LogP contribution in [0.25, 0.3) is 0 Å².